The van der Waals surface area contributed by atoms with Crippen LogP contribution in [0, 0.1) is 20.8 Å². The minimum atomic E-state index is 0. The molecule has 0 aliphatic heterocycles. The maximum absolute atomic E-state index is 5.81. The molecule has 2 N–H and O–H groups in total. The molecule has 0 spiro atoms. The molecule has 2 rings (SSSR count). The van der Waals surface area contributed by atoms with Crippen molar-refractivity contribution >= 4 is 29.9 Å². The summed E-state index contributed by atoms with van der Waals surface area (Å²) in [6.45, 7) is 9.64. The number of nitrogens with zero attached hydrogens (tertiary/aromatic N) is 3. The summed E-state index contributed by atoms with van der Waals surface area (Å²) in [5.74, 6) is 1.71. The number of rotatable bonds is 7. The highest BCUT2D eigenvalue weighted by atomic mass is 127. The predicted octanol–water partition coefficient (Wildman–Crippen LogP) is 3.14. The van der Waals surface area contributed by atoms with Gasteiger partial charge in [0, 0.05) is 25.8 Å². The SMILES string of the molecule is CN=C(NCCOc1ccccc1C)NC(C)Cc1c(C)nn(C)c1C.I. The topological polar surface area (TPSA) is 63.5 Å². The fraction of sp³-hybridized carbons (Fsp3) is 0.500. The molecule has 0 saturated carbocycles. The van der Waals surface area contributed by atoms with Crippen molar-refractivity contribution in [3.8, 4) is 5.75 Å². The number of para-hydroxylation sites is 1. The van der Waals surface area contributed by atoms with Crippen LogP contribution in [0.15, 0.2) is 29.3 Å². The Labute approximate surface area is 179 Å². The smallest absolute Gasteiger partial charge is 0.191 e. The molecule has 0 saturated heterocycles. The fourth-order valence-corrected chi connectivity index (χ4v) is 2.95. The fourth-order valence-electron chi connectivity index (χ4n) is 2.95. The van der Waals surface area contributed by atoms with Crippen LogP contribution in [0.4, 0.5) is 0 Å². The quantitative estimate of drug-likeness (QED) is 0.274. The van der Waals surface area contributed by atoms with Crippen molar-refractivity contribution in [3.63, 3.8) is 0 Å². The molecule has 1 unspecified atom stereocenters. The summed E-state index contributed by atoms with van der Waals surface area (Å²) in [4.78, 5) is 4.30. The number of aromatic nitrogens is 2. The van der Waals surface area contributed by atoms with E-state index in [4.69, 9.17) is 4.74 Å². The van der Waals surface area contributed by atoms with E-state index < -0.39 is 0 Å². The molecular formula is C20H32IN5O. The Balaban J connectivity index is 0.00000364. The summed E-state index contributed by atoms with van der Waals surface area (Å²) < 4.78 is 7.75. The highest BCUT2D eigenvalue weighted by molar-refractivity contribution is 14.0. The van der Waals surface area contributed by atoms with Crippen LogP contribution in [0.3, 0.4) is 0 Å². The molecule has 0 aliphatic carbocycles. The lowest BCUT2D eigenvalue weighted by Crippen LogP contribution is -2.44. The highest BCUT2D eigenvalue weighted by Gasteiger charge is 2.13. The second-order valence-corrected chi connectivity index (χ2v) is 6.64. The Hall–Kier alpha value is -1.77. The van der Waals surface area contributed by atoms with Crippen molar-refractivity contribution in [1.29, 1.82) is 0 Å². The van der Waals surface area contributed by atoms with E-state index in [1.165, 1.54) is 11.3 Å². The second kappa shape index (κ2) is 11.2. The van der Waals surface area contributed by atoms with E-state index in [0.717, 1.165) is 29.4 Å². The third kappa shape index (κ3) is 6.71. The Bertz CT molecular complexity index is 757. The summed E-state index contributed by atoms with van der Waals surface area (Å²) >= 11 is 0. The number of halogens is 1. The van der Waals surface area contributed by atoms with Crippen molar-refractivity contribution in [3.05, 3.63) is 46.8 Å². The first-order valence-corrected chi connectivity index (χ1v) is 9.07. The molecule has 1 aromatic heterocycles. The van der Waals surface area contributed by atoms with E-state index in [1.54, 1.807) is 7.05 Å². The number of benzene rings is 1. The molecule has 1 heterocycles. The van der Waals surface area contributed by atoms with Crippen molar-refractivity contribution in [2.45, 2.75) is 40.2 Å². The van der Waals surface area contributed by atoms with E-state index >= 15 is 0 Å². The van der Waals surface area contributed by atoms with Crippen LogP contribution in [0.2, 0.25) is 0 Å². The van der Waals surface area contributed by atoms with Gasteiger partial charge in [-0.15, -0.1) is 24.0 Å². The molecule has 7 heteroatoms. The van der Waals surface area contributed by atoms with E-state index in [2.05, 4.69) is 41.5 Å². The van der Waals surface area contributed by atoms with Crippen molar-refractivity contribution < 1.29 is 4.74 Å². The van der Waals surface area contributed by atoms with Crippen molar-refractivity contribution in [1.82, 2.24) is 20.4 Å². The van der Waals surface area contributed by atoms with Crippen molar-refractivity contribution in [2.75, 3.05) is 20.2 Å². The monoisotopic (exact) mass is 485 g/mol. The number of guanidine groups is 1. The average Bonchev–Trinajstić information content (AvgIpc) is 2.85. The van der Waals surface area contributed by atoms with Gasteiger partial charge >= 0.3 is 0 Å². The first-order valence-electron chi connectivity index (χ1n) is 9.07. The summed E-state index contributed by atoms with van der Waals surface area (Å²) in [7, 11) is 3.77. The maximum atomic E-state index is 5.81. The standard InChI is InChI=1S/C20H31N5O.HI/c1-14-9-7-8-10-19(14)26-12-11-22-20(21-5)23-15(2)13-18-16(3)24-25(6)17(18)4;/h7-10,15H,11-13H2,1-6H3,(H2,21,22,23);1H. The molecule has 2 aromatic rings. The molecule has 0 aliphatic rings. The molecule has 150 valence electrons. The lowest BCUT2D eigenvalue weighted by molar-refractivity contribution is 0.319. The zero-order chi connectivity index (χ0) is 19.1. The van der Waals surface area contributed by atoms with E-state index in [1.807, 2.05) is 42.9 Å². The molecule has 6 nitrogen and oxygen atoms in total. The minimum absolute atomic E-state index is 0. The lowest BCUT2D eigenvalue weighted by Gasteiger charge is -2.18. The number of aryl methyl sites for hydroxylation is 3. The van der Waals surface area contributed by atoms with Crippen LogP contribution in [-0.4, -0.2) is 42.0 Å². The van der Waals surface area contributed by atoms with Gasteiger partial charge in [0.25, 0.3) is 0 Å². The summed E-state index contributed by atoms with van der Waals surface area (Å²) in [5.41, 5.74) is 4.75. The Kier molecular flexibility index (Phi) is 9.62. The summed E-state index contributed by atoms with van der Waals surface area (Å²) in [6.07, 6.45) is 0.909. The molecule has 27 heavy (non-hydrogen) atoms. The van der Waals surface area contributed by atoms with Gasteiger partial charge in [0.2, 0.25) is 0 Å². The molecule has 0 amide bonds. The van der Waals surface area contributed by atoms with Crippen LogP contribution in [0.1, 0.15) is 29.4 Å². The number of aliphatic imine (C=N–C) groups is 1. The van der Waals surface area contributed by atoms with Gasteiger partial charge in [0.05, 0.1) is 12.2 Å². The molecule has 0 fully saturated rings. The number of ether oxygens (including phenoxy) is 1. The molecule has 0 radical (unpaired) electrons. The third-order valence-electron chi connectivity index (χ3n) is 4.52. The van der Waals surface area contributed by atoms with Gasteiger partial charge in [-0.2, -0.15) is 5.10 Å². The van der Waals surface area contributed by atoms with E-state index in [9.17, 15) is 0 Å². The van der Waals surface area contributed by atoms with E-state index in [0.29, 0.717) is 13.2 Å². The van der Waals surface area contributed by atoms with Gasteiger partial charge in [0.15, 0.2) is 5.96 Å². The normalized spacial score (nSPS) is 12.3. The molecule has 1 aromatic carbocycles. The molecule has 1 atom stereocenters. The summed E-state index contributed by atoms with van der Waals surface area (Å²) in [5, 5.41) is 11.2. The third-order valence-corrected chi connectivity index (χ3v) is 4.52. The Morgan fingerprint density at radius 2 is 1.96 bits per heavy atom. The van der Waals surface area contributed by atoms with Gasteiger partial charge in [-0.25, -0.2) is 0 Å². The van der Waals surface area contributed by atoms with Crippen LogP contribution in [-0.2, 0) is 13.5 Å². The van der Waals surface area contributed by atoms with Crippen LogP contribution < -0.4 is 15.4 Å². The largest absolute Gasteiger partial charge is 0.491 e. The molecule has 0 bridgehead atoms. The Morgan fingerprint density at radius 1 is 1.26 bits per heavy atom. The van der Waals surface area contributed by atoms with Gasteiger partial charge in [-0.3, -0.25) is 9.67 Å². The first-order chi connectivity index (χ1) is 12.4. The Morgan fingerprint density at radius 3 is 2.56 bits per heavy atom. The van der Waals surface area contributed by atoms with Gasteiger partial charge in [0.1, 0.15) is 12.4 Å². The molecular weight excluding hydrogens is 453 g/mol. The highest BCUT2D eigenvalue weighted by Crippen LogP contribution is 2.16. The van der Waals surface area contributed by atoms with Gasteiger partial charge in [-0.1, -0.05) is 18.2 Å². The average molecular weight is 485 g/mol. The van der Waals surface area contributed by atoms with Gasteiger partial charge in [-0.05, 0) is 51.3 Å². The number of nitrogens with one attached hydrogen (secondary N) is 2. The number of hydrogen-bond donors (Lipinski definition) is 2. The minimum Gasteiger partial charge on any atom is -0.491 e. The number of hydrogen-bond acceptors (Lipinski definition) is 3. The van der Waals surface area contributed by atoms with Crippen LogP contribution >= 0.6 is 24.0 Å². The second-order valence-electron chi connectivity index (χ2n) is 6.64. The maximum Gasteiger partial charge on any atom is 0.191 e. The van der Waals surface area contributed by atoms with Gasteiger partial charge < -0.3 is 15.4 Å². The zero-order valence-corrected chi connectivity index (χ0v) is 19.5. The van der Waals surface area contributed by atoms with E-state index in [-0.39, 0.29) is 30.0 Å². The predicted molar refractivity (Wildman–Crippen MR) is 122 cm³/mol. The van der Waals surface area contributed by atoms with Crippen LogP contribution in [0.5, 0.6) is 5.75 Å². The lowest BCUT2D eigenvalue weighted by atomic mass is 10.1. The first kappa shape index (κ1) is 23.3. The van der Waals surface area contributed by atoms with Crippen LogP contribution in [0.25, 0.3) is 0 Å². The zero-order valence-electron chi connectivity index (χ0n) is 17.2. The van der Waals surface area contributed by atoms with Crippen molar-refractivity contribution in [2.24, 2.45) is 12.0 Å². The summed E-state index contributed by atoms with van der Waals surface area (Å²) in [6, 6.07) is 8.29.